The normalized spacial score (nSPS) is 11.9. The molecule has 3 N–H and O–H groups in total. The van der Waals surface area contributed by atoms with Gasteiger partial charge in [-0.05, 0) is 106 Å². The van der Waals surface area contributed by atoms with Gasteiger partial charge >= 0.3 is 5.97 Å². The lowest BCUT2D eigenvalue weighted by Gasteiger charge is -2.22. The van der Waals surface area contributed by atoms with Crippen LogP contribution in [0.5, 0.6) is 0 Å². The smallest absolute Gasteiger partial charge is 0.336 e. The molecule has 242 valence electrons. The van der Waals surface area contributed by atoms with Gasteiger partial charge in [0, 0.05) is 33.2 Å². The van der Waals surface area contributed by atoms with Gasteiger partial charge in [0.25, 0.3) is 0 Å². The Kier molecular flexibility index (Phi) is 7.33. The Bertz CT molecular complexity index is 2710. The number of nitrogens with zero attached hydrogens (tertiary/aromatic N) is 2. The van der Waals surface area contributed by atoms with Crippen LogP contribution in [0.3, 0.4) is 0 Å². The van der Waals surface area contributed by atoms with Crippen LogP contribution >= 0.6 is 0 Å². The highest BCUT2D eigenvalue weighted by molar-refractivity contribution is 6.12. The van der Waals surface area contributed by atoms with Crippen LogP contribution in [0.25, 0.3) is 90.9 Å². The van der Waals surface area contributed by atoms with E-state index in [0.717, 1.165) is 78.2 Å². The minimum atomic E-state index is -0.997. The number of carboxylic acid groups (broad SMARTS) is 1. The highest BCUT2D eigenvalue weighted by Crippen LogP contribution is 2.48. The van der Waals surface area contributed by atoms with Gasteiger partial charge in [0.1, 0.15) is 0 Å². The molecule has 0 aliphatic carbocycles. The first-order chi connectivity index (χ1) is 25.1. The molecule has 5 heterocycles. The van der Waals surface area contributed by atoms with Gasteiger partial charge in [0.2, 0.25) is 0 Å². The third-order valence-corrected chi connectivity index (χ3v) is 9.24. The average molecular weight is 659 g/mol. The Labute approximate surface area is 293 Å². The van der Waals surface area contributed by atoms with Crippen LogP contribution in [0, 0.1) is 0 Å². The van der Waals surface area contributed by atoms with Crippen molar-refractivity contribution < 1.29 is 9.90 Å². The molecule has 8 bridgehead atoms. The van der Waals surface area contributed by atoms with Crippen molar-refractivity contribution in [2.24, 2.45) is 0 Å². The van der Waals surface area contributed by atoms with E-state index in [0.29, 0.717) is 11.1 Å². The molecule has 6 nitrogen and oxygen atoms in total. The van der Waals surface area contributed by atoms with Gasteiger partial charge in [-0.15, -0.1) is 0 Å². The van der Waals surface area contributed by atoms with Crippen molar-refractivity contribution in [1.82, 2.24) is 19.9 Å². The first kappa shape index (κ1) is 30.0. The Balaban J connectivity index is 1.48. The molecule has 2 aliphatic rings. The fourth-order valence-electron chi connectivity index (χ4n) is 7.04. The lowest BCUT2D eigenvalue weighted by Crippen LogP contribution is -2.07. The number of hydrogen-bond acceptors (Lipinski definition) is 3. The van der Waals surface area contributed by atoms with E-state index >= 15 is 0 Å². The van der Waals surface area contributed by atoms with E-state index in [1.165, 1.54) is 0 Å². The first-order valence-corrected chi connectivity index (χ1v) is 16.8. The van der Waals surface area contributed by atoms with E-state index in [-0.39, 0.29) is 5.56 Å². The zero-order valence-electron chi connectivity index (χ0n) is 27.3. The number of carboxylic acids is 1. The summed E-state index contributed by atoms with van der Waals surface area (Å²) in [4.78, 5) is 30.6. The third-order valence-electron chi connectivity index (χ3n) is 9.24. The molecule has 4 aromatic carbocycles. The van der Waals surface area contributed by atoms with Gasteiger partial charge in [-0.1, -0.05) is 91.0 Å². The number of carbonyl (C=O) groups is 1. The number of benzene rings is 4. The fraction of sp³-hybridized carbons (Fsp3) is 0. The topological polar surface area (TPSA) is 94.7 Å². The lowest BCUT2D eigenvalue weighted by molar-refractivity contribution is 0.0698. The number of fused-ring (bicyclic) bond motifs is 8. The van der Waals surface area contributed by atoms with Gasteiger partial charge in [-0.3, -0.25) is 0 Å². The van der Waals surface area contributed by atoms with Crippen molar-refractivity contribution in [3.63, 3.8) is 0 Å². The number of aromatic amines is 2. The van der Waals surface area contributed by atoms with Crippen LogP contribution in [-0.2, 0) is 0 Å². The molecule has 7 aromatic rings. The second-order valence-electron chi connectivity index (χ2n) is 12.6. The number of H-pyrrole nitrogens is 2. The van der Waals surface area contributed by atoms with Crippen molar-refractivity contribution in [3.8, 4) is 44.5 Å². The first-order valence-electron chi connectivity index (χ1n) is 16.8. The zero-order valence-corrected chi connectivity index (χ0v) is 27.3. The molecule has 0 spiro atoms. The van der Waals surface area contributed by atoms with Crippen molar-refractivity contribution in [3.05, 3.63) is 168 Å². The maximum absolute atomic E-state index is 13.5. The molecule has 51 heavy (non-hydrogen) atoms. The summed E-state index contributed by atoms with van der Waals surface area (Å²) in [5.41, 5.74) is 13.4. The van der Waals surface area contributed by atoms with Gasteiger partial charge in [-0.2, -0.15) is 0 Å². The molecule has 0 radical (unpaired) electrons. The molecule has 0 fully saturated rings. The van der Waals surface area contributed by atoms with Crippen molar-refractivity contribution in [1.29, 1.82) is 0 Å². The number of aromatic nitrogens is 4. The van der Waals surface area contributed by atoms with Crippen molar-refractivity contribution in [2.75, 3.05) is 0 Å². The van der Waals surface area contributed by atoms with Gasteiger partial charge in [-0.25, -0.2) is 14.8 Å². The number of rotatable bonds is 5. The standard InChI is InChI=1S/C45H30N4O2/c50-45(51)44-37(28-10-4-1-5-11-28)27-38(41(29-12-6-2-7-13-29)42(44)30-14-8-3-9-15-30)43-39-22-20-35(48-39)25-33-18-16-31(46-33)24-32-17-19-34(47-32)26-36-21-23-40(43)49-36/h1-27,46,49H,(H,50,51). The molecular formula is C45H30N4O2. The summed E-state index contributed by atoms with van der Waals surface area (Å²) in [6, 6.07) is 45.9. The minimum absolute atomic E-state index is 0.242. The van der Waals surface area contributed by atoms with Crippen LogP contribution < -0.4 is 0 Å². The van der Waals surface area contributed by atoms with E-state index in [1.807, 2.05) is 158 Å². The molecule has 0 unspecified atom stereocenters. The average Bonchev–Trinajstić information content (AvgIpc) is 3.99. The summed E-state index contributed by atoms with van der Waals surface area (Å²) >= 11 is 0. The molecule has 0 amide bonds. The van der Waals surface area contributed by atoms with Crippen LogP contribution in [0.4, 0.5) is 0 Å². The van der Waals surface area contributed by atoms with Gasteiger partial charge in [0.05, 0.1) is 28.3 Å². The molecule has 6 heteroatoms. The maximum Gasteiger partial charge on any atom is 0.336 e. The van der Waals surface area contributed by atoms with Crippen LogP contribution in [-0.4, -0.2) is 31.0 Å². The molecule has 0 atom stereocenters. The number of aromatic carboxylic acids is 1. The molecule has 3 aromatic heterocycles. The Morgan fingerprint density at radius 1 is 0.471 bits per heavy atom. The largest absolute Gasteiger partial charge is 0.478 e. The summed E-state index contributed by atoms with van der Waals surface area (Å²) in [5, 5.41) is 11.0. The van der Waals surface area contributed by atoms with E-state index in [4.69, 9.17) is 9.97 Å². The number of hydrogen-bond donors (Lipinski definition) is 3. The van der Waals surface area contributed by atoms with E-state index in [1.54, 1.807) is 0 Å². The van der Waals surface area contributed by atoms with Crippen LogP contribution in [0.15, 0.2) is 140 Å². The Morgan fingerprint density at radius 2 is 0.980 bits per heavy atom. The number of nitrogens with one attached hydrogen (secondary N) is 2. The quantitative estimate of drug-likeness (QED) is 0.171. The van der Waals surface area contributed by atoms with Crippen molar-refractivity contribution in [2.45, 2.75) is 0 Å². The molecule has 2 aliphatic heterocycles. The molecule has 0 saturated carbocycles. The Morgan fingerprint density at radius 3 is 1.59 bits per heavy atom. The fourth-order valence-corrected chi connectivity index (χ4v) is 7.04. The third kappa shape index (κ3) is 5.65. The predicted molar refractivity (Wildman–Crippen MR) is 208 cm³/mol. The molecule has 9 rings (SSSR count). The monoisotopic (exact) mass is 658 g/mol. The summed E-state index contributed by atoms with van der Waals surface area (Å²) in [6.07, 6.45) is 8.06. The zero-order chi connectivity index (χ0) is 34.3. The minimum Gasteiger partial charge on any atom is -0.478 e. The van der Waals surface area contributed by atoms with E-state index in [2.05, 4.69) is 16.0 Å². The lowest BCUT2D eigenvalue weighted by atomic mass is 9.80. The summed E-state index contributed by atoms with van der Waals surface area (Å²) < 4.78 is 0. The highest BCUT2D eigenvalue weighted by atomic mass is 16.4. The second-order valence-corrected chi connectivity index (χ2v) is 12.6. The SMILES string of the molecule is O=C(O)c1c(-c2ccccc2)cc(-c2c3nc(cc4ccc(cc5nc(cc6ccc2[nH]6)C=C5)[nH]4)C=C3)c(-c2ccccc2)c1-c1ccccc1. The maximum atomic E-state index is 13.5. The van der Waals surface area contributed by atoms with E-state index in [9.17, 15) is 9.90 Å². The van der Waals surface area contributed by atoms with Gasteiger partial charge < -0.3 is 15.1 Å². The van der Waals surface area contributed by atoms with Gasteiger partial charge in [0.15, 0.2) is 0 Å². The Hall–Kier alpha value is -7.05. The molecule has 0 saturated heterocycles. The predicted octanol–water partition coefficient (Wildman–Crippen LogP) is 11.0. The van der Waals surface area contributed by atoms with Crippen LogP contribution in [0.2, 0.25) is 0 Å². The van der Waals surface area contributed by atoms with E-state index < -0.39 is 5.97 Å². The summed E-state index contributed by atoms with van der Waals surface area (Å²) in [7, 11) is 0. The van der Waals surface area contributed by atoms with Crippen LogP contribution in [0.1, 0.15) is 33.1 Å². The highest BCUT2D eigenvalue weighted by Gasteiger charge is 2.27. The summed E-state index contributed by atoms with van der Waals surface area (Å²) in [5.74, 6) is -0.997. The summed E-state index contributed by atoms with van der Waals surface area (Å²) in [6.45, 7) is 0. The molecular weight excluding hydrogens is 629 g/mol. The second kappa shape index (κ2) is 12.4. The van der Waals surface area contributed by atoms with Crippen molar-refractivity contribution >= 4 is 52.3 Å².